The number of aromatic amines is 2. The van der Waals surface area contributed by atoms with Crippen molar-refractivity contribution in [3.05, 3.63) is 190 Å². The second-order valence-electron chi connectivity index (χ2n) is 21.8. The Kier molecular flexibility index (Phi) is 15.5. The van der Waals surface area contributed by atoms with Gasteiger partial charge in [-0.15, -0.1) is 0 Å². The maximum atomic E-state index is 14.0. The van der Waals surface area contributed by atoms with E-state index in [0.29, 0.717) is 0 Å². The summed E-state index contributed by atoms with van der Waals surface area (Å²) in [6.07, 6.45) is -42.7. The Morgan fingerprint density at radius 3 is 0.650 bits per heavy atom. The molecule has 514 valence electrons. The first-order chi connectivity index (χ1) is 46.4. The minimum Gasteiger partial charge on any atom is -0.457 e. The third kappa shape index (κ3) is 13.5. The smallest absolute Gasteiger partial charge is 0.416 e. The van der Waals surface area contributed by atoms with Crippen molar-refractivity contribution in [2.45, 2.75) is 49.4 Å². The summed E-state index contributed by atoms with van der Waals surface area (Å²) in [5.41, 5.74) is -16.1. The number of H-pyrrole nitrogens is 2. The molecule has 0 saturated carbocycles. The number of hydrogen-bond donors (Lipinski definition) is 2. The Labute approximate surface area is 538 Å². The lowest BCUT2D eigenvalue weighted by molar-refractivity contribution is -0.144. The van der Waals surface area contributed by atoms with E-state index in [4.69, 9.17) is 18.9 Å². The number of nitrogens with zero attached hydrogens (tertiary/aromatic N) is 6. The van der Waals surface area contributed by atoms with Gasteiger partial charge in [-0.3, -0.25) is 0 Å². The molecule has 0 unspecified atom stereocenters. The Morgan fingerprint density at radius 2 is 0.410 bits per heavy atom. The second-order valence-corrected chi connectivity index (χ2v) is 21.8. The Bertz CT molecular complexity index is 4900. The minimum atomic E-state index is -5.34. The molecule has 0 radical (unpaired) electrons. The molecule has 0 amide bonds. The summed E-state index contributed by atoms with van der Waals surface area (Å²) in [6, 6.07) is 14.4. The zero-order valence-corrected chi connectivity index (χ0v) is 48.2. The van der Waals surface area contributed by atoms with Gasteiger partial charge in [0.2, 0.25) is 0 Å². The van der Waals surface area contributed by atoms with Gasteiger partial charge in [-0.1, -0.05) is 0 Å². The molecule has 5 heterocycles. The summed E-state index contributed by atoms with van der Waals surface area (Å²) in [4.78, 5) is 33.6. The number of rotatable bonds is 8. The summed E-state index contributed by atoms with van der Waals surface area (Å²) in [7, 11) is 0. The molecular weight excluding hydrogens is 1400 g/mol. The molecule has 0 aliphatic carbocycles. The maximum absolute atomic E-state index is 14.0. The Balaban J connectivity index is 1.06. The standard InChI is InChI=1S/C64H26F24N8O4/c65-57(66,67)25-9-26(58(68,69)70)14-37(13-25)97-33-1-5-41-45(21-33)53-89-49(41)93-54-46-22-34(98-38-15-27(59(71,72)73)10-28(16-38)60(74,75)76)2-6-42(46)51(90-54)95-56-48-24-36(100-40-19-31(63(83,84)85)12-32(20-40)64(86,87)88)4-8-44(48)52(92-56)96-55-47-23-35(3-7-43(47)50(91-55)94-53)99-39-17-29(61(77,78)79)11-30(18-39)62(80,81)82/h1-24H,(H2,89,90,91,92,93,94,95,96). The fourth-order valence-electron chi connectivity index (χ4n) is 10.5. The number of benzene rings is 8. The van der Waals surface area contributed by atoms with E-state index in [-0.39, 0.29) is 139 Å². The minimum absolute atomic E-state index is 0.0628. The summed E-state index contributed by atoms with van der Waals surface area (Å²) in [5, 5.41) is -0.440. The molecule has 2 aliphatic heterocycles. The van der Waals surface area contributed by atoms with Gasteiger partial charge in [-0.05, 0) is 146 Å². The van der Waals surface area contributed by atoms with Gasteiger partial charge in [0.05, 0.1) is 44.5 Å². The predicted molar refractivity (Wildman–Crippen MR) is 302 cm³/mol. The molecule has 8 bridgehead atoms. The van der Waals surface area contributed by atoms with Gasteiger partial charge < -0.3 is 28.9 Å². The van der Waals surface area contributed by atoms with E-state index in [0.717, 1.165) is 72.8 Å². The molecule has 12 nitrogen and oxygen atoms in total. The van der Waals surface area contributed by atoms with Crippen LogP contribution < -0.4 is 18.9 Å². The highest BCUT2D eigenvalue weighted by molar-refractivity contribution is 6.07. The van der Waals surface area contributed by atoms with Crippen LogP contribution in [0.3, 0.4) is 0 Å². The fraction of sp³-hybridized carbons (Fsp3) is 0.125. The van der Waals surface area contributed by atoms with E-state index in [1.165, 1.54) is 0 Å². The fourth-order valence-corrected chi connectivity index (χ4v) is 10.5. The summed E-state index contributed by atoms with van der Waals surface area (Å²) in [5.74, 6) is -7.56. The average Bonchev–Trinajstić information content (AvgIpc) is 1.59. The van der Waals surface area contributed by atoms with Gasteiger partial charge >= 0.3 is 49.4 Å². The van der Waals surface area contributed by atoms with E-state index in [2.05, 4.69) is 39.9 Å². The van der Waals surface area contributed by atoms with Gasteiger partial charge in [0.15, 0.2) is 23.3 Å². The molecule has 13 rings (SSSR count). The second kappa shape index (κ2) is 23.1. The van der Waals surface area contributed by atoms with Crippen LogP contribution >= 0.6 is 0 Å². The molecular formula is C64H26F24N8O4. The molecule has 0 atom stereocenters. The molecule has 3 aromatic heterocycles. The summed E-state index contributed by atoms with van der Waals surface area (Å²) >= 11 is 0. The first kappa shape index (κ1) is 67.2. The van der Waals surface area contributed by atoms with E-state index in [1.807, 2.05) is 0 Å². The molecule has 0 spiro atoms. The molecule has 0 saturated heterocycles. The van der Waals surface area contributed by atoms with E-state index in [9.17, 15) is 105 Å². The third-order valence-electron chi connectivity index (χ3n) is 14.9. The number of nitrogens with one attached hydrogen (secondary N) is 2. The predicted octanol–water partition coefficient (Wildman–Crippen LogP) is 22.2. The highest BCUT2D eigenvalue weighted by atomic mass is 19.4. The number of fused-ring (bicyclic) bond motifs is 20. The first-order valence-electron chi connectivity index (χ1n) is 27.7. The van der Waals surface area contributed by atoms with Crippen LogP contribution in [0, 0.1) is 0 Å². The highest BCUT2D eigenvalue weighted by Gasteiger charge is 2.42. The van der Waals surface area contributed by atoms with Crippen LogP contribution in [0.25, 0.3) is 89.7 Å². The van der Waals surface area contributed by atoms with Crippen LogP contribution in [0.5, 0.6) is 46.0 Å². The molecule has 100 heavy (non-hydrogen) atoms. The number of ether oxygens (including phenoxy) is 4. The molecule has 2 N–H and O–H groups in total. The zero-order valence-electron chi connectivity index (χ0n) is 48.2. The number of halogens is 24. The van der Waals surface area contributed by atoms with Crippen LogP contribution in [0.4, 0.5) is 105 Å². The molecule has 8 aromatic carbocycles. The topological polar surface area (TPSA) is 146 Å². The van der Waals surface area contributed by atoms with E-state index >= 15 is 0 Å². The van der Waals surface area contributed by atoms with Crippen LogP contribution in [0.15, 0.2) is 146 Å². The number of aromatic nitrogens is 8. The van der Waals surface area contributed by atoms with Gasteiger partial charge in [0, 0.05) is 43.8 Å². The van der Waals surface area contributed by atoms with Crippen molar-refractivity contribution in [1.29, 1.82) is 0 Å². The zero-order chi connectivity index (χ0) is 71.9. The Hall–Kier alpha value is -11.4. The lowest BCUT2D eigenvalue weighted by Crippen LogP contribution is -2.11. The normalized spacial score (nSPS) is 13.2. The molecule has 36 heteroatoms. The lowest BCUT2D eigenvalue weighted by atomic mass is 10.1. The van der Waals surface area contributed by atoms with Crippen molar-refractivity contribution in [3.8, 4) is 91.5 Å². The van der Waals surface area contributed by atoms with Crippen molar-refractivity contribution in [2.24, 2.45) is 0 Å². The molecule has 0 fully saturated rings. The summed E-state index contributed by atoms with van der Waals surface area (Å²) < 4.78 is 359. The summed E-state index contributed by atoms with van der Waals surface area (Å²) in [6.45, 7) is 0. The van der Waals surface area contributed by atoms with E-state index < -0.39 is 163 Å². The van der Waals surface area contributed by atoms with Crippen molar-refractivity contribution < 1.29 is 124 Å². The van der Waals surface area contributed by atoms with Crippen LogP contribution in [-0.4, -0.2) is 39.9 Å². The SMILES string of the molecule is FC(F)(F)c1cc(Oc2ccc3c(c2)-c2nc-3nc3[nH]c(nc4nc(nc5[nH]c(n2)c2ccc(Oc6cc(C(F)(F)F)cc(C(F)(F)F)c6)cc52)-c2ccc(Oc5cc(C(F)(F)F)cc(C(F)(F)F)c5)cc2-4)c2ccc(Oc4cc(C(F)(F)F)cc(C(F)(F)F)c4)cc32)cc(C(F)(F)F)c1. The monoisotopic (exact) mass is 1430 g/mol. The quantitative estimate of drug-likeness (QED) is 0.141. The average molecular weight is 1430 g/mol. The van der Waals surface area contributed by atoms with Crippen LogP contribution in [0.1, 0.15) is 44.5 Å². The highest BCUT2D eigenvalue weighted by Crippen LogP contribution is 2.48. The van der Waals surface area contributed by atoms with Gasteiger partial charge in [-0.2, -0.15) is 105 Å². The largest absolute Gasteiger partial charge is 0.457 e. The maximum Gasteiger partial charge on any atom is 0.416 e. The van der Waals surface area contributed by atoms with Gasteiger partial charge in [0.25, 0.3) is 0 Å². The van der Waals surface area contributed by atoms with Crippen molar-refractivity contribution >= 4 is 44.1 Å². The number of hydrogen-bond acceptors (Lipinski definition) is 10. The van der Waals surface area contributed by atoms with Crippen LogP contribution in [0.2, 0.25) is 0 Å². The van der Waals surface area contributed by atoms with Crippen molar-refractivity contribution in [2.75, 3.05) is 0 Å². The van der Waals surface area contributed by atoms with E-state index in [1.54, 1.807) is 0 Å². The molecule has 11 aromatic rings. The molecule has 2 aliphatic rings. The number of alkyl halides is 24. The van der Waals surface area contributed by atoms with Gasteiger partial charge in [0.1, 0.15) is 68.6 Å². The van der Waals surface area contributed by atoms with Gasteiger partial charge in [-0.25, -0.2) is 29.9 Å². The third-order valence-corrected chi connectivity index (χ3v) is 14.9. The first-order valence-corrected chi connectivity index (χ1v) is 27.7. The van der Waals surface area contributed by atoms with Crippen LogP contribution in [-0.2, 0) is 49.4 Å². The van der Waals surface area contributed by atoms with Crippen molar-refractivity contribution in [1.82, 2.24) is 39.9 Å². The van der Waals surface area contributed by atoms with Crippen molar-refractivity contribution in [3.63, 3.8) is 0 Å². The Morgan fingerprint density at radius 1 is 0.200 bits per heavy atom. The lowest BCUT2D eigenvalue weighted by Gasteiger charge is -2.15.